The first-order valence-corrected chi connectivity index (χ1v) is 9.97. The predicted octanol–water partition coefficient (Wildman–Crippen LogP) is 1.28. The summed E-state index contributed by atoms with van der Waals surface area (Å²) in [6, 6.07) is 8.39. The lowest BCUT2D eigenvalue weighted by atomic mass is 10.1. The maximum Gasteiger partial charge on any atom is 0.498 e. The van der Waals surface area contributed by atoms with Crippen molar-refractivity contribution in [1.29, 1.82) is 5.26 Å². The molecule has 3 aromatic heterocycles. The summed E-state index contributed by atoms with van der Waals surface area (Å²) >= 11 is 1.42. The molecule has 1 aliphatic rings. The van der Waals surface area contributed by atoms with Crippen molar-refractivity contribution in [3.63, 3.8) is 0 Å². The fourth-order valence-corrected chi connectivity index (χ4v) is 3.99. The van der Waals surface area contributed by atoms with Crippen LogP contribution in [0, 0.1) is 11.3 Å². The first kappa shape index (κ1) is 18.7. The number of pyridine rings is 1. The van der Waals surface area contributed by atoms with Crippen molar-refractivity contribution in [2.24, 2.45) is 7.05 Å². The number of nitrogens with zero attached hydrogens (tertiary/aromatic N) is 6. The van der Waals surface area contributed by atoms with Crippen LogP contribution in [0.4, 0.5) is 0 Å². The average Bonchev–Trinajstić information content (AvgIpc) is 3.15. The van der Waals surface area contributed by atoms with Gasteiger partial charge in [-0.2, -0.15) is 5.26 Å². The summed E-state index contributed by atoms with van der Waals surface area (Å²) in [5, 5.41) is 10.4. The van der Waals surface area contributed by atoms with E-state index in [-0.39, 0.29) is 0 Å². The fourth-order valence-electron chi connectivity index (χ4n) is 3.02. The molecule has 1 aliphatic heterocycles. The van der Waals surface area contributed by atoms with Crippen LogP contribution in [0.25, 0.3) is 10.3 Å². The van der Waals surface area contributed by atoms with Crippen LogP contribution in [0.3, 0.4) is 0 Å². The average molecular weight is 397 g/mol. The van der Waals surface area contributed by atoms with Crippen molar-refractivity contribution in [3.05, 3.63) is 41.3 Å². The van der Waals surface area contributed by atoms with Gasteiger partial charge in [0.15, 0.2) is 11.6 Å². The lowest BCUT2D eigenvalue weighted by molar-refractivity contribution is -0.680. The van der Waals surface area contributed by atoms with Crippen LogP contribution >= 0.6 is 11.3 Å². The molecule has 3 aromatic rings. The Morgan fingerprint density at radius 3 is 3.00 bits per heavy atom. The number of fused-ring (bicyclic) bond motifs is 1. The van der Waals surface area contributed by atoms with Crippen LogP contribution in [0.2, 0.25) is 0 Å². The lowest BCUT2D eigenvalue weighted by Crippen LogP contribution is -2.40. The molecule has 0 saturated carbocycles. The van der Waals surface area contributed by atoms with Crippen LogP contribution in [0.1, 0.15) is 16.6 Å². The van der Waals surface area contributed by atoms with Gasteiger partial charge < -0.3 is 9.47 Å². The van der Waals surface area contributed by atoms with Crippen molar-refractivity contribution < 1.29 is 14.0 Å². The van der Waals surface area contributed by atoms with Crippen LogP contribution in [-0.4, -0.2) is 59.3 Å². The number of ether oxygens (including phenoxy) is 2. The number of aromatic nitrogens is 4. The molecular formula is C19H21N6O2S+. The third kappa shape index (κ3) is 4.09. The Balaban J connectivity index is 1.50. The van der Waals surface area contributed by atoms with E-state index in [1.807, 2.05) is 36.0 Å². The van der Waals surface area contributed by atoms with Crippen LogP contribution in [0.15, 0.2) is 30.6 Å². The molecule has 0 aromatic carbocycles. The zero-order chi connectivity index (χ0) is 19.3. The monoisotopic (exact) mass is 397 g/mol. The highest BCUT2D eigenvalue weighted by atomic mass is 32.1. The maximum absolute atomic E-state index is 9.75. The summed E-state index contributed by atoms with van der Waals surface area (Å²) in [6.07, 6.45) is 3.59. The molecule has 0 amide bonds. The Kier molecular flexibility index (Phi) is 5.71. The second-order valence-electron chi connectivity index (χ2n) is 6.49. The van der Waals surface area contributed by atoms with E-state index in [1.165, 1.54) is 11.3 Å². The van der Waals surface area contributed by atoms with Gasteiger partial charge in [0.25, 0.3) is 0 Å². The minimum Gasteiger partial charge on any atom is -0.427 e. The van der Waals surface area contributed by atoms with E-state index in [9.17, 15) is 5.26 Å². The summed E-state index contributed by atoms with van der Waals surface area (Å²) in [4.78, 5) is 16.6. The highest BCUT2D eigenvalue weighted by Crippen LogP contribution is 2.29. The number of hydrogen-bond donors (Lipinski definition) is 0. The van der Waals surface area contributed by atoms with Gasteiger partial charge in [-0.05, 0) is 17.1 Å². The van der Waals surface area contributed by atoms with Gasteiger partial charge in [-0.25, -0.2) is 14.5 Å². The molecule has 4 heterocycles. The minimum atomic E-state index is -0.554. The quantitative estimate of drug-likeness (QED) is 0.579. The van der Waals surface area contributed by atoms with E-state index in [1.54, 1.807) is 6.20 Å². The molecule has 4 rings (SSSR count). The number of morpholine rings is 1. The van der Waals surface area contributed by atoms with Gasteiger partial charge in [0.2, 0.25) is 0 Å². The summed E-state index contributed by atoms with van der Waals surface area (Å²) in [5.41, 5.74) is 1.42. The molecule has 28 heavy (non-hydrogen) atoms. The molecule has 1 fully saturated rings. The van der Waals surface area contributed by atoms with Gasteiger partial charge >= 0.3 is 6.01 Å². The van der Waals surface area contributed by atoms with Gasteiger partial charge in [0.05, 0.1) is 32.5 Å². The Labute approximate surface area is 167 Å². The predicted molar refractivity (Wildman–Crippen MR) is 103 cm³/mol. The Morgan fingerprint density at radius 1 is 1.36 bits per heavy atom. The highest BCUT2D eigenvalue weighted by molar-refractivity contribution is 7.18. The minimum absolute atomic E-state index is 0.491. The second kappa shape index (κ2) is 8.56. The first-order valence-electron chi connectivity index (χ1n) is 9.15. The zero-order valence-corrected chi connectivity index (χ0v) is 16.4. The van der Waals surface area contributed by atoms with Crippen molar-refractivity contribution in [3.8, 4) is 12.1 Å². The zero-order valence-electron chi connectivity index (χ0n) is 15.6. The molecular weight excluding hydrogens is 376 g/mol. The molecule has 0 aliphatic carbocycles. The number of thiazole rings is 1. The largest absolute Gasteiger partial charge is 0.498 e. The summed E-state index contributed by atoms with van der Waals surface area (Å²) in [5.74, 6) is -0.554. The number of hydrogen-bond acceptors (Lipinski definition) is 8. The topological polar surface area (TPSA) is 88.0 Å². The number of rotatable bonds is 6. The summed E-state index contributed by atoms with van der Waals surface area (Å²) in [6.45, 7) is 4.73. The Hall–Kier alpha value is -2.67. The molecule has 9 heteroatoms. The lowest BCUT2D eigenvalue weighted by Gasteiger charge is -2.25. The van der Waals surface area contributed by atoms with E-state index < -0.39 is 5.92 Å². The maximum atomic E-state index is 9.75. The molecule has 8 nitrogen and oxygen atoms in total. The van der Waals surface area contributed by atoms with Crippen LogP contribution in [0.5, 0.6) is 6.01 Å². The Morgan fingerprint density at radius 2 is 2.21 bits per heavy atom. The highest BCUT2D eigenvalue weighted by Gasteiger charge is 2.26. The standard InChI is InChI=1S/C19H21N6O2S/c1-24-6-4-15(23-19(24)27-12-9-25-7-10-26-11-8-25)14(13-20)17-22-16-3-2-5-21-18(16)28-17/h2-6,14H,7-12H2,1H3/q+1. The van der Waals surface area contributed by atoms with E-state index in [0.29, 0.717) is 23.3 Å². The molecule has 144 valence electrons. The smallest absolute Gasteiger partial charge is 0.427 e. The number of aryl methyl sites for hydroxylation is 1. The SMILES string of the molecule is C[n+]1ccc(C(C#N)c2nc3cccnc3s2)nc1OCCN1CCOCC1. The second-order valence-corrected chi connectivity index (χ2v) is 7.50. The van der Waals surface area contributed by atoms with Crippen molar-refractivity contribution >= 4 is 21.7 Å². The van der Waals surface area contributed by atoms with Gasteiger partial charge in [-0.1, -0.05) is 11.3 Å². The van der Waals surface area contributed by atoms with E-state index in [4.69, 9.17) is 9.47 Å². The van der Waals surface area contributed by atoms with Gasteiger partial charge in [-0.15, -0.1) is 0 Å². The van der Waals surface area contributed by atoms with Gasteiger partial charge in [0.1, 0.15) is 22.0 Å². The van der Waals surface area contributed by atoms with Crippen molar-refractivity contribution in [2.45, 2.75) is 5.92 Å². The molecule has 1 saturated heterocycles. The first-order chi connectivity index (χ1) is 13.7. The molecule has 0 radical (unpaired) electrons. The van der Waals surface area contributed by atoms with E-state index >= 15 is 0 Å². The summed E-state index contributed by atoms with van der Waals surface area (Å²) in [7, 11) is 1.88. The van der Waals surface area contributed by atoms with Crippen LogP contribution < -0.4 is 9.30 Å². The summed E-state index contributed by atoms with van der Waals surface area (Å²) < 4.78 is 13.1. The molecule has 1 atom stereocenters. The van der Waals surface area contributed by atoms with Gasteiger partial charge in [-0.3, -0.25) is 4.90 Å². The molecule has 1 unspecified atom stereocenters. The van der Waals surface area contributed by atoms with Crippen molar-refractivity contribution in [1.82, 2.24) is 19.9 Å². The third-order valence-electron chi connectivity index (χ3n) is 4.59. The fraction of sp³-hybridized carbons (Fsp3) is 0.421. The van der Waals surface area contributed by atoms with E-state index in [0.717, 1.165) is 43.2 Å². The van der Waals surface area contributed by atoms with Crippen molar-refractivity contribution in [2.75, 3.05) is 39.5 Å². The normalized spacial score (nSPS) is 16.0. The van der Waals surface area contributed by atoms with E-state index in [2.05, 4.69) is 25.9 Å². The molecule has 0 N–H and O–H groups in total. The third-order valence-corrected chi connectivity index (χ3v) is 5.64. The van der Waals surface area contributed by atoms with Gasteiger partial charge in [0, 0.05) is 31.9 Å². The molecule has 0 spiro atoms. The molecule has 0 bridgehead atoms. The Bertz CT molecular complexity index is 962. The van der Waals surface area contributed by atoms with Crippen LogP contribution in [-0.2, 0) is 11.8 Å². The number of nitriles is 1.